The molecule has 0 bridgehead atoms. The molecule has 0 radical (unpaired) electrons. The van der Waals surface area contributed by atoms with Crippen molar-refractivity contribution >= 4 is 46.7 Å². The Labute approximate surface area is 174 Å². The van der Waals surface area contributed by atoms with E-state index in [9.17, 15) is 20.1 Å². The normalized spacial score (nSPS) is 11.0. The lowest BCUT2D eigenvalue weighted by Gasteiger charge is -2.22. The third-order valence-electron chi connectivity index (χ3n) is 5.28. The van der Waals surface area contributed by atoms with Crippen LogP contribution in [0.5, 0.6) is 11.5 Å². The summed E-state index contributed by atoms with van der Waals surface area (Å²) in [6.45, 7) is 0. The summed E-state index contributed by atoms with van der Waals surface area (Å²) in [5, 5.41) is 43.2. The lowest BCUT2D eigenvalue weighted by molar-refractivity contribution is 0.400. The Bertz CT molecular complexity index is 1140. The van der Waals surface area contributed by atoms with Crippen LogP contribution in [0.25, 0.3) is 32.7 Å². The molecule has 6 nitrogen and oxygen atoms in total. The molecule has 8 heteroatoms. The van der Waals surface area contributed by atoms with Gasteiger partial charge in [-0.3, -0.25) is 0 Å². The summed E-state index contributed by atoms with van der Waals surface area (Å²) in [5.41, 5.74) is 1.56. The molecule has 0 unspecified atom stereocenters. The zero-order chi connectivity index (χ0) is 21.4. The number of ether oxygens (including phenoxy) is 2. The maximum atomic E-state index is 10.0. The van der Waals surface area contributed by atoms with E-state index in [-0.39, 0.29) is 22.4 Å². The van der Waals surface area contributed by atoms with Crippen LogP contribution in [-0.4, -0.2) is 48.6 Å². The molecule has 0 aliphatic rings. The molecule has 4 N–H and O–H groups in total. The largest absolute Gasteiger partial charge is 0.496 e. The molecule has 0 fully saturated rings. The van der Waals surface area contributed by atoms with Crippen LogP contribution in [0.2, 0.25) is 0 Å². The fraction of sp³-hybridized carbons (Fsp3) is 0.0909. The summed E-state index contributed by atoms with van der Waals surface area (Å²) in [6.07, 6.45) is 0. The zero-order valence-corrected chi connectivity index (χ0v) is 16.5. The molecule has 4 aromatic carbocycles. The quantitative estimate of drug-likeness (QED) is 0.373. The molecule has 30 heavy (non-hydrogen) atoms. The van der Waals surface area contributed by atoms with Crippen molar-refractivity contribution < 1.29 is 29.6 Å². The molecule has 0 atom stereocenters. The second-order valence-corrected chi connectivity index (χ2v) is 6.94. The summed E-state index contributed by atoms with van der Waals surface area (Å²) in [6, 6.07) is 18.3. The second-order valence-electron chi connectivity index (χ2n) is 6.94. The first-order valence-corrected chi connectivity index (χ1v) is 9.39. The van der Waals surface area contributed by atoms with E-state index in [4.69, 9.17) is 9.47 Å². The Morgan fingerprint density at radius 1 is 0.600 bits per heavy atom. The predicted octanol–water partition coefficient (Wildman–Crippen LogP) is 1.04. The lowest BCUT2D eigenvalue weighted by atomic mass is 9.73. The standard InChI is InChI=1S/C22H20B2O6/c1-29-21-17(23(25)26)11-13-7-3-5-9-15(13)19(21)20-16-10-6-4-8-14(16)12-18(24(27)28)22(20)30-2/h3-12,25-28H,1-2H3. The van der Waals surface area contributed by atoms with Gasteiger partial charge in [0.15, 0.2) is 0 Å². The average molecular weight is 402 g/mol. The number of benzene rings is 4. The highest BCUT2D eigenvalue weighted by molar-refractivity contribution is 6.61. The van der Waals surface area contributed by atoms with Crippen molar-refractivity contribution in [2.24, 2.45) is 0 Å². The van der Waals surface area contributed by atoms with Gasteiger partial charge in [0.05, 0.1) is 14.2 Å². The third kappa shape index (κ3) is 3.20. The molecule has 0 heterocycles. The third-order valence-corrected chi connectivity index (χ3v) is 5.28. The van der Waals surface area contributed by atoms with Gasteiger partial charge in [0.25, 0.3) is 0 Å². The van der Waals surface area contributed by atoms with Gasteiger partial charge in [-0.25, -0.2) is 0 Å². The molecule has 0 amide bonds. The fourth-order valence-corrected chi connectivity index (χ4v) is 4.02. The van der Waals surface area contributed by atoms with Crippen LogP contribution >= 0.6 is 0 Å². The summed E-state index contributed by atoms with van der Waals surface area (Å²) in [4.78, 5) is 0. The van der Waals surface area contributed by atoms with Crippen LogP contribution in [0, 0.1) is 0 Å². The Morgan fingerprint density at radius 3 is 1.30 bits per heavy atom. The summed E-state index contributed by atoms with van der Waals surface area (Å²) < 4.78 is 11.3. The highest BCUT2D eigenvalue weighted by Crippen LogP contribution is 2.44. The minimum absolute atomic E-state index is 0.201. The first-order valence-electron chi connectivity index (χ1n) is 9.39. The van der Waals surface area contributed by atoms with Gasteiger partial charge in [0.1, 0.15) is 11.5 Å². The minimum atomic E-state index is -1.76. The van der Waals surface area contributed by atoms with Crippen LogP contribution in [-0.2, 0) is 0 Å². The molecule has 0 saturated heterocycles. The van der Waals surface area contributed by atoms with E-state index in [1.807, 2.05) is 48.5 Å². The first-order chi connectivity index (χ1) is 14.5. The van der Waals surface area contributed by atoms with Gasteiger partial charge in [0.2, 0.25) is 0 Å². The van der Waals surface area contributed by atoms with Gasteiger partial charge in [-0.15, -0.1) is 0 Å². The summed E-state index contributed by atoms with van der Waals surface area (Å²) >= 11 is 0. The van der Waals surface area contributed by atoms with Crippen molar-refractivity contribution in [1.82, 2.24) is 0 Å². The molecule has 4 rings (SSSR count). The first kappa shape index (κ1) is 20.3. The topological polar surface area (TPSA) is 99.4 Å². The van der Waals surface area contributed by atoms with Crippen LogP contribution in [0.15, 0.2) is 60.7 Å². The molecular formula is C22H20B2O6. The SMILES string of the molecule is COc1c(B(O)O)cc2ccccc2c1-c1c(OC)c(B(O)O)cc2ccccc12. The van der Waals surface area contributed by atoms with Crippen LogP contribution in [0.1, 0.15) is 0 Å². The number of methoxy groups -OCH3 is 2. The summed E-state index contributed by atoms with van der Waals surface area (Å²) in [5.74, 6) is 0.550. The van der Waals surface area contributed by atoms with E-state index in [2.05, 4.69) is 0 Å². The van der Waals surface area contributed by atoms with Crippen molar-refractivity contribution in [2.75, 3.05) is 14.2 Å². The monoisotopic (exact) mass is 402 g/mol. The molecule has 4 aromatic rings. The fourth-order valence-electron chi connectivity index (χ4n) is 4.02. The molecule has 0 spiro atoms. The van der Waals surface area contributed by atoms with Crippen LogP contribution < -0.4 is 20.4 Å². The highest BCUT2D eigenvalue weighted by atomic mass is 16.5. The Balaban J connectivity index is 2.29. The van der Waals surface area contributed by atoms with Crippen LogP contribution in [0.3, 0.4) is 0 Å². The van der Waals surface area contributed by atoms with E-state index in [0.717, 1.165) is 21.5 Å². The Kier molecular flexibility index (Phi) is 5.40. The van der Waals surface area contributed by atoms with Gasteiger partial charge < -0.3 is 29.6 Å². The highest BCUT2D eigenvalue weighted by Gasteiger charge is 2.29. The lowest BCUT2D eigenvalue weighted by Crippen LogP contribution is -2.33. The number of rotatable bonds is 5. The number of hydrogen-bond acceptors (Lipinski definition) is 6. The predicted molar refractivity (Wildman–Crippen MR) is 120 cm³/mol. The van der Waals surface area contributed by atoms with Gasteiger partial charge >= 0.3 is 14.2 Å². The van der Waals surface area contributed by atoms with Gasteiger partial charge in [-0.1, -0.05) is 60.7 Å². The van der Waals surface area contributed by atoms with Gasteiger partial charge in [-0.05, 0) is 21.5 Å². The molecule has 0 saturated carbocycles. The van der Waals surface area contributed by atoms with E-state index in [0.29, 0.717) is 11.1 Å². The van der Waals surface area contributed by atoms with Gasteiger partial charge in [0, 0.05) is 22.1 Å². The number of hydrogen-bond donors (Lipinski definition) is 4. The zero-order valence-electron chi connectivity index (χ0n) is 16.5. The van der Waals surface area contributed by atoms with Crippen molar-refractivity contribution in [3.63, 3.8) is 0 Å². The smallest absolute Gasteiger partial charge is 0.492 e. The van der Waals surface area contributed by atoms with E-state index in [1.165, 1.54) is 14.2 Å². The Morgan fingerprint density at radius 2 is 0.967 bits per heavy atom. The Hall–Kier alpha value is -3.03. The molecule has 0 aromatic heterocycles. The van der Waals surface area contributed by atoms with Crippen LogP contribution in [0.4, 0.5) is 0 Å². The molecule has 0 aliphatic heterocycles. The van der Waals surface area contributed by atoms with E-state index < -0.39 is 14.2 Å². The molecule has 0 aliphatic carbocycles. The maximum Gasteiger partial charge on any atom is 0.492 e. The van der Waals surface area contributed by atoms with Crippen molar-refractivity contribution in [2.45, 2.75) is 0 Å². The maximum absolute atomic E-state index is 10.0. The van der Waals surface area contributed by atoms with Crippen molar-refractivity contribution in [1.29, 1.82) is 0 Å². The van der Waals surface area contributed by atoms with Gasteiger partial charge in [-0.2, -0.15) is 0 Å². The second kappa shape index (κ2) is 8.01. The van der Waals surface area contributed by atoms with Crippen molar-refractivity contribution in [3.05, 3.63) is 60.7 Å². The van der Waals surface area contributed by atoms with E-state index in [1.54, 1.807) is 12.1 Å². The van der Waals surface area contributed by atoms with E-state index >= 15 is 0 Å². The minimum Gasteiger partial charge on any atom is -0.496 e. The average Bonchev–Trinajstić information content (AvgIpc) is 2.76. The molecular weight excluding hydrogens is 382 g/mol. The summed E-state index contributed by atoms with van der Waals surface area (Å²) in [7, 11) is -0.600. The van der Waals surface area contributed by atoms with Crippen molar-refractivity contribution in [3.8, 4) is 22.6 Å². The molecule has 150 valence electrons. The number of fused-ring (bicyclic) bond motifs is 2.